The topological polar surface area (TPSA) is 29.0 Å². The van der Waals surface area contributed by atoms with Crippen LogP contribution in [0.1, 0.15) is 23.8 Å². The van der Waals surface area contributed by atoms with Gasteiger partial charge in [0.15, 0.2) is 0 Å². The van der Waals surface area contributed by atoms with E-state index in [1.165, 1.54) is 21.5 Å². The fraction of sp³-hybridized carbons (Fsp3) is 0.333. The molecule has 1 atom stereocenters. The Balaban J connectivity index is 1.90. The van der Waals surface area contributed by atoms with E-state index in [0.717, 1.165) is 12.4 Å². The van der Waals surface area contributed by atoms with Crippen LogP contribution in [0.2, 0.25) is 0 Å². The van der Waals surface area contributed by atoms with Gasteiger partial charge in [-0.25, -0.2) is 4.98 Å². The van der Waals surface area contributed by atoms with Gasteiger partial charge in [0.1, 0.15) is 5.82 Å². The van der Waals surface area contributed by atoms with Crippen molar-refractivity contribution in [3.63, 3.8) is 0 Å². The van der Waals surface area contributed by atoms with Gasteiger partial charge in [-0.2, -0.15) is 0 Å². The molecular weight excluding hydrogens is 298 g/mol. The van der Waals surface area contributed by atoms with Crippen LogP contribution in [-0.2, 0) is 0 Å². The average Bonchev–Trinajstić information content (AvgIpc) is 2.98. The Bertz CT molecular complexity index is 499. The van der Waals surface area contributed by atoms with Gasteiger partial charge < -0.3 is 4.90 Å². The Kier molecular flexibility index (Phi) is 3.11. The van der Waals surface area contributed by atoms with E-state index in [1.807, 2.05) is 17.5 Å². The third kappa shape index (κ3) is 2.21. The highest BCUT2D eigenvalue weighted by atomic mass is 79.9. The first-order valence-electron chi connectivity index (χ1n) is 5.62. The van der Waals surface area contributed by atoms with E-state index in [4.69, 9.17) is 0 Å². The van der Waals surface area contributed by atoms with Crippen LogP contribution in [0.15, 0.2) is 34.5 Å². The van der Waals surface area contributed by atoms with Gasteiger partial charge in [-0.3, -0.25) is 4.98 Å². The van der Waals surface area contributed by atoms with Crippen molar-refractivity contribution in [3.8, 4) is 0 Å². The zero-order valence-corrected chi connectivity index (χ0v) is 11.6. The zero-order valence-electron chi connectivity index (χ0n) is 9.21. The maximum Gasteiger partial charge on any atom is 0.147 e. The molecule has 0 aliphatic carbocycles. The Morgan fingerprint density at radius 1 is 1.35 bits per heavy atom. The number of halogens is 1. The molecule has 0 radical (unpaired) electrons. The van der Waals surface area contributed by atoms with E-state index >= 15 is 0 Å². The lowest BCUT2D eigenvalue weighted by Gasteiger charge is -2.24. The highest BCUT2D eigenvalue weighted by molar-refractivity contribution is 9.11. The van der Waals surface area contributed by atoms with Gasteiger partial charge in [-0.05, 0) is 40.9 Å². The van der Waals surface area contributed by atoms with Gasteiger partial charge in [0.25, 0.3) is 0 Å². The number of hydrogen-bond donors (Lipinski definition) is 0. The fourth-order valence-electron chi connectivity index (χ4n) is 2.28. The van der Waals surface area contributed by atoms with Crippen LogP contribution in [0.25, 0.3) is 0 Å². The summed E-state index contributed by atoms with van der Waals surface area (Å²) in [4.78, 5) is 12.3. The molecule has 0 spiro atoms. The molecule has 0 bridgehead atoms. The average molecular weight is 310 g/mol. The monoisotopic (exact) mass is 309 g/mol. The molecule has 1 fully saturated rings. The van der Waals surface area contributed by atoms with E-state index in [9.17, 15) is 0 Å². The Morgan fingerprint density at radius 3 is 3.00 bits per heavy atom. The number of hydrogen-bond acceptors (Lipinski definition) is 4. The van der Waals surface area contributed by atoms with E-state index in [2.05, 4.69) is 42.9 Å². The molecule has 0 aromatic carbocycles. The van der Waals surface area contributed by atoms with E-state index in [-0.39, 0.29) is 0 Å². The predicted molar refractivity (Wildman–Crippen MR) is 73.4 cm³/mol. The molecule has 0 saturated carbocycles. The van der Waals surface area contributed by atoms with Gasteiger partial charge in [-0.15, -0.1) is 11.3 Å². The van der Waals surface area contributed by atoms with Crippen LogP contribution < -0.4 is 4.90 Å². The smallest absolute Gasteiger partial charge is 0.147 e. The number of aromatic nitrogens is 2. The molecule has 88 valence electrons. The number of rotatable bonds is 2. The maximum absolute atomic E-state index is 4.40. The first-order valence-corrected chi connectivity index (χ1v) is 7.23. The molecule has 2 aromatic heterocycles. The minimum absolute atomic E-state index is 0.461. The third-order valence-electron chi connectivity index (χ3n) is 3.02. The molecular formula is C12H12BrN3S. The van der Waals surface area contributed by atoms with Crippen LogP contribution in [0.4, 0.5) is 5.82 Å². The van der Waals surface area contributed by atoms with Crippen molar-refractivity contribution in [2.24, 2.45) is 0 Å². The van der Waals surface area contributed by atoms with Crippen molar-refractivity contribution < 1.29 is 0 Å². The second kappa shape index (κ2) is 4.74. The normalized spacial score (nSPS) is 19.8. The maximum atomic E-state index is 4.40. The minimum Gasteiger partial charge on any atom is -0.347 e. The number of nitrogens with zero attached hydrogens (tertiary/aromatic N) is 3. The van der Waals surface area contributed by atoms with Crippen molar-refractivity contribution in [2.75, 3.05) is 11.4 Å². The molecule has 0 amide bonds. The lowest BCUT2D eigenvalue weighted by molar-refractivity contribution is 0.723. The Hall–Kier alpha value is -0.940. The van der Waals surface area contributed by atoms with Crippen LogP contribution >= 0.6 is 27.3 Å². The van der Waals surface area contributed by atoms with Gasteiger partial charge in [0, 0.05) is 23.8 Å². The van der Waals surface area contributed by atoms with Crippen molar-refractivity contribution in [2.45, 2.75) is 18.9 Å². The molecule has 1 aliphatic rings. The highest BCUT2D eigenvalue weighted by Crippen LogP contribution is 2.39. The highest BCUT2D eigenvalue weighted by Gasteiger charge is 2.28. The van der Waals surface area contributed by atoms with Gasteiger partial charge in [0.05, 0.1) is 16.0 Å². The lowest BCUT2D eigenvalue weighted by atomic mass is 10.2. The summed E-state index contributed by atoms with van der Waals surface area (Å²) in [6.07, 6.45) is 7.74. The summed E-state index contributed by atoms with van der Waals surface area (Å²) in [5.74, 6) is 0.986. The van der Waals surface area contributed by atoms with Crippen molar-refractivity contribution in [1.82, 2.24) is 9.97 Å². The van der Waals surface area contributed by atoms with Crippen LogP contribution in [0, 0.1) is 0 Å². The first-order chi connectivity index (χ1) is 8.34. The lowest BCUT2D eigenvalue weighted by Crippen LogP contribution is -2.22. The quantitative estimate of drug-likeness (QED) is 0.848. The van der Waals surface area contributed by atoms with Crippen LogP contribution in [0.5, 0.6) is 0 Å². The number of thiophene rings is 1. The van der Waals surface area contributed by atoms with Crippen LogP contribution in [-0.4, -0.2) is 16.5 Å². The minimum atomic E-state index is 0.461. The Labute approximate surface area is 113 Å². The van der Waals surface area contributed by atoms with Gasteiger partial charge >= 0.3 is 0 Å². The molecule has 1 saturated heterocycles. The van der Waals surface area contributed by atoms with E-state index in [1.54, 1.807) is 12.4 Å². The molecule has 17 heavy (non-hydrogen) atoms. The molecule has 1 unspecified atom stereocenters. The largest absolute Gasteiger partial charge is 0.347 e. The molecule has 2 aromatic rings. The van der Waals surface area contributed by atoms with Gasteiger partial charge in [-0.1, -0.05) is 0 Å². The molecule has 5 heteroatoms. The summed E-state index contributed by atoms with van der Waals surface area (Å²) in [6.45, 7) is 1.07. The third-order valence-corrected chi connectivity index (χ3v) is 4.74. The first kappa shape index (κ1) is 11.2. The summed E-state index contributed by atoms with van der Waals surface area (Å²) in [7, 11) is 0. The van der Waals surface area contributed by atoms with E-state index < -0.39 is 0 Å². The van der Waals surface area contributed by atoms with Crippen molar-refractivity contribution >= 4 is 33.1 Å². The van der Waals surface area contributed by atoms with Crippen LogP contribution in [0.3, 0.4) is 0 Å². The molecule has 3 nitrogen and oxygen atoms in total. The zero-order chi connectivity index (χ0) is 11.7. The summed E-state index contributed by atoms with van der Waals surface area (Å²) < 4.78 is 1.19. The van der Waals surface area contributed by atoms with Gasteiger partial charge in [0.2, 0.25) is 0 Å². The summed E-state index contributed by atoms with van der Waals surface area (Å²) >= 11 is 5.34. The molecule has 0 N–H and O–H groups in total. The Morgan fingerprint density at radius 2 is 2.29 bits per heavy atom. The standard InChI is InChI=1S/C12H12BrN3S/c13-11-4-3-10(17-11)9-2-1-7-16(9)12-8-14-5-6-15-12/h3-6,8-9H,1-2,7H2. The SMILES string of the molecule is Brc1ccc(C2CCCN2c2cnccn2)s1. The molecule has 3 rings (SSSR count). The van der Waals surface area contributed by atoms with Crippen molar-refractivity contribution in [1.29, 1.82) is 0 Å². The van der Waals surface area contributed by atoms with E-state index in [0.29, 0.717) is 6.04 Å². The summed E-state index contributed by atoms with van der Waals surface area (Å²) in [5, 5.41) is 0. The molecule has 1 aliphatic heterocycles. The second-order valence-electron chi connectivity index (χ2n) is 4.06. The summed E-state index contributed by atoms with van der Waals surface area (Å²) in [6, 6.07) is 4.78. The molecule has 3 heterocycles. The summed E-state index contributed by atoms with van der Waals surface area (Å²) in [5.41, 5.74) is 0. The fourth-order valence-corrected chi connectivity index (χ4v) is 3.85. The predicted octanol–water partition coefficient (Wildman–Crippen LogP) is 3.64. The number of anilines is 1. The van der Waals surface area contributed by atoms with Crippen molar-refractivity contribution in [3.05, 3.63) is 39.4 Å². The second-order valence-corrected chi connectivity index (χ2v) is 6.55.